The molecule has 0 N–H and O–H groups in total. The summed E-state index contributed by atoms with van der Waals surface area (Å²) in [6.07, 6.45) is 0. The zero-order chi connectivity index (χ0) is 32.7. The Morgan fingerprint density at radius 3 is 1.55 bits per heavy atom. The van der Waals surface area contributed by atoms with E-state index >= 15 is 0 Å². The highest BCUT2D eigenvalue weighted by Crippen LogP contribution is 2.40. The van der Waals surface area contributed by atoms with Gasteiger partial charge in [-0.05, 0) is 100 Å². The largest absolute Gasteiger partial charge is 0.310 e. The first kappa shape index (κ1) is 29.3. The van der Waals surface area contributed by atoms with Crippen molar-refractivity contribution < 1.29 is 0 Å². The number of hydrogen-bond donors (Lipinski definition) is 0. The Labute approximate surface area is 294 Å². The molecule has 0 aliphatic heterocycles. The molecule has 0 radical (unpaired) electrons. The lowest BCUT2D eigenvalue weighted by atomic mass is 9.98. The lowest BCUT2D eigenvalue weighted by Gasteiger charge is -2.27. The smallest absolute Gasteiger partial charge is 0.0541 e. The van der Waals surface area contributed by atoms with Gasteiger partial charge in [0.1, 0.15) is 0 Å². The molecule has 1 aromatic heterocycles. The second kappa shape index (κ2) is 12.3. The summed E-state index contributed by atoms with van der Waals surface area (Å²) < 4.78 is 3.41. The van der Waals surface area contributed by atoms with Gasteiger partial charge in [-0.2, -0.15) is 0 Å². The molecule has 3 heteroatoms. The predicted octanol–water partition coefficient (Wildman–Crippen LogP) is 13.5. The highest BCUT2D eigenvalue weighted by atomic mass is 79.9. The van der Waals surface area contributed by atoms with E-state index in [1.54, 1.807) is 0 Å². The fraction of sp³-hybridized carbons (Fsp3) is 0. The molecule has 0 amide bonds. The van der Waals surface area contributed by atoms with Crippen LogP contribution >= 0.6 is 15.9 Å². The van der Waals surface area contributed by atoms with Crippen molar-refractivity contribution in [2.24, 2.45) is 0 Å². The van der Waals surface area contributed by atoms with Gasteiger partial charge in [0.15, 0.2) is 0 Å². The van der Waals surface area contributed by atoms with Crippen LogP contribution in [0.4, 0.5) is 17.1 Å². The van der Waals surface area contributed by atoms with Crippen LogP contribution in [0.2, 0.25) is 0 Å². The van der Waals surface area contributed by atoms with Gasteiger partial charge in [-0.1, -0.05) is 131 Å². The standard InChI is InChI=1S/C46H31BrN2/c47-37-30-35(29-36(31-37)33-23-27-40(28-24-33)49-45-18-8-6-16-42(45)43-17-7-9-19-46(43)49)32-21-25-39(26-22-32)48(38-13-2-1-3-14-38)44-20-10-12-34-11-4-5-15-41(34)44/h1-31H. The summed E-state index contributed by atoms with van der Waals surface area (Å²) in [4.78, 5) is 2.34. The van der Waals surface area contributed by atoms with E-state index in [1.165, 1.54) is 54.8 Å². The monoisotopic (exact) mass is 690 g/mol. The van der Waals surface area contributed by atoms with Crippen molar-refractivity contribution in [1.29, 1.82) is 0 Å². The minimum atomic E-state index is 1.05. The summed E-state index contributed by atoms with van der Waals surface area (Å²) in [6, 6.07) is 67.5. The van der Waals surface area contributed by atoms with Crippen LogP contribution in [0, 0.1) is 0 Å². The molecular formula is C46H31BrN2. The van der Waals surface area contributed by atoms with E-state index in [2.05, 4.69) is 213 Å². The summed E-state index contributed by atoms with van der Waals surface area (Å²) in [5, 5.41) is 4.99. The zero-order valence-corrected chi connectivity index (χ0v) is 28.3. The molecule has 0 unspecified atom stereocenters. The SMILES string of the molecule is Brc1cc(-c2ccc(N(c3ccccc3)c3cccc4ccccc34)cc2)cc(-c2ccc(-n3c4ccccc4c4ccccc43)cc2)c1. The van der Waals surface area contributed by atoms with E-state index in [0.717, 1.165) is 27.2 Å². The fourth-order valence-electron chi connectivity index (χ4n) is 7.14. The van der Waals surface area contributed by atoms with Crippen molar-refractivity contribution in [2.45, 2.75) is 0 Å². The van der Waals surface area contributed by atoms with Crippen LogP contribution in [0.15, 0.2) is 193 Å². The highest BCUT2D eigenvalue weighted by Gasteiger charge is 2.16. The lowest BCUT2D eigenvalue weighted by molar-refractivity contribution is 1.18. The Balaban J connectivity index is 1.07. The van der Waals surface area contributed by atoms with Gasteiger partial charge < -0.3 is 9.47 Å². The second-order valence-electron chi connectivity index (χ2n) is 12.4. The van der Waals surface area contributed by atoms with Crippen molar-refractivity contribution in [3.05, 3.63) is 193 Å². The number of nitrogens with zero attached hydrogens (tertiary/aromatic N) is 2. The number of rotatable bonds is 6. The normalized spacial score (nSPS) is 11.4. The van der Waals surface area contributed by atoms with Gasteiger partial charge in [-0.25, -0.2) is 0 Å². The zero-order valence-electron chi connectivity index (χ0n) is 26.7. The van der Waals surface area contributed by atoms with E-state index in [1.807, 2.05) is 0 Å². The molecule has 0 aliphatic carbocycles. The molecule has 9 rings (SSSR count). The summed E-state index contributed by atoms with van der Waals surface area (Å²) in [5.74, 6) is 0. The first-order chi connectivity index (χ1) is 24.2. The van der Waals surface area contributed by atoms with Crippen molar-refractivity contribution >= 4 is 65.6 Å². The van der Waals surface area contributed by atoms with Gasteiger partial charge in [0.2, 0.25) is 0 Å². The van der Waals surface area contributed by atoms with Crippen LogP contribution < -0.4 is 4.90 Å². The van der Waals surface area contributed by atoms with Gasteiger partial charge in [-0.3, -0.25) is 0 Å². The topological polar surface area (TPSA) is 8.17 Å². The third-order valence-corrected chi connectivity index (χ3v) is 9.88. The van der Waals surface area contributed by atoms with Crippen LogP contribution in [0.25, 0.3) is 60.5 Å². The van der Waals surface area contributed by atoms with Crippen LogP contribution in [-0.4, -0.2) is 4.57 Å². The van der Waals surface area contributed by atoms with E-state index in [0.29, 0.717) is 0 Å². The Morgan fingerprint density at radius 2 is 0.898 bits per heavy atom. The number of aromatic nitrogens is 1. The molecule has 0 aliphatic rings. The van der Waals surface area contributed by atoms with Crippen LogP contribution in [0.5, 0.6) is 0 Å². The first-order valence-electron chi connectivity index (χ1n) is 16.5. The molecule has 0 saturated carbocycles. The molecule has 0 bridgehead atoms. The third-order valence-electron chi connectivity index (χ3n) is 9.42. The number of anilines is 3. The van der Waals surface area contributed by atoms with Gasteiger partial charge in [0.25, 0.3) is 0 Å². The fourth-order valence-corrected chi connectivity index (χ4v) is 7.63. The van der Waals surface area contributed by atoms with Gasteiger partial charge >= 0.3 is 0 Å². The Kier molecular flexibility index (Phi) is 7.33. The van der Waals surface area contributed by atoms with Crippen LogP contribution in [0.3, 0.4) is 0 Å². The average molecular weight is 692 g/mol. The van der Waals surface area contributed by atoms with E-state index in [-0.39, 0.29) is 0 Å². The molecule has 0 spiro atoms. The molecular weight excluding hydrogens is 660 g/mol. The summed E-state index contributed by atoms with van der Waals surface area (Å²) in [6.45, 7) is 0. The van der Waals surface area contributed by atoms with Crippen molar-refractivity contribution in [3.8, 4) is 27.9 Å². The molecule has 8 aromatic carbocycles. The van der Waals surface area contributed by atoms with E-state index in [9.17, 15) is 0 Å². The summed E-state index contributed by atoms with van der Waals surface area (Å²) in [7, 11) is 0. The van der Waals surface area contributed by atoms with Crippen molar-refractivity contribution in [2.75, 3.05) is 4.90 Å². The molecule has 0 fully saturated rings. The Hall–Kier alpha value is -5.90. The van der Waals surface area contributed by atoms with Crippen LogP contribution in [-0.2, 0) is 0 Å². The quantitative estimate of drug-likeness (QED) is 0.169. The summed E-state index contributed by atoms with van der Waals surface area (Å²) in [5.41, 5.74) is 11.7. The van der Waals surface area contributed by atoms with E-state index < -0.39 is 0 Å². The van der Waals surface area contributed by atoms with Gasteiger partial charge in [0.05, 0.1) is 16.7 Å². The van der Waals surface area contributed by atoms with Gasteiger partial charge in [-0.15, -0.1) is 0 Å². The number of hydrogen-bond acceptors (Lipinski definition) is 1. The molecule has 49 heavy (non-hydrogen) atoms. The molecule has 0 saturated heterocycles. The lowest BCUT2D eigenvalue weighted by Crippen LogP contribution is -2.10. The predicted molar refractivity (Wildman–Crippen MR) is 212 cm³/mol. The Morgan fingerprint density at radius 1 is 0.388 bits per heavy atom. The first-order valence-corrected chi connectivity index (χ1v) is 17.3. The minimum absolute atomic E-state index is 1.05. The maximum Gasteiger partial charge on any atom is 0.0541 e. The average Bonchev–Trinajstić information content (AvgIpc) is 3.50. The molecule has 2 nitrogen and oxygen atoms in total. The van der Waals surface area contributed by atoms with E-state index in [4.69, 9.17) is 0 Å². The maximum atomic E-state index is 3.82. The molecule has 9 aromatic rings. The van der Waals surface area contributed by atoms with Crippen molar-refractivity contribution in [3.63, 3.8) is 0 Å². The molecule has 0 atom stereocenters. The maximum absolute atomic E-state index is 3.82. The minimum Gasteiger partial charge on any atom is -0.310 e. The Bertz CT molecular complexity index is 2540. The van der Waals surface area contributed by atoms with Crippen molar-refractivity contribution in [1.82, 2.24) is 4.57 Å². The van der Waals surface area contributed by atoms with Crippen LogP contribution in [0.1, 0.15) is 0 Å². The molecule has 232 valence electrons. The summed E-state index contributed by atoms with van der Waals surface area (Å²) >= 11 is 3.82. The van der Waals surface area contributed by atoms with Gasteiger partial charge in [0, 0.05) is 37.7 Å². The number of benzene rings is 8. The second-order valence-corrected chi connectivity index (χ2v) is 13.3. The number of para-hydroxylation sites is 3. The molecule has 1 heterocycles. The number of fused-ring (bicyclic) bond motifs is 4. The number of halogens is 1. The third kappa shape index (κ3) is 5.29. The highest BCUT2D eigenvalue weighted by molar-refractivity contribution is 9.10.